The van der Waals surface area contributed by atoms with Crippen LogP contribution in [0.15, 0.2) is 42.6 Å². The first-order valence-electron chi connectivity index (χ1n) is 5.77. The summed E-state index contributed by atoms with van der Waals surface area (Å²) in [5.41, 5.74) is 2.58. The molecule has 0 saturated carbocycles. The predicted molar refractivity (Wildman–Crippen MR) is 69.4 cm³/mol. The summed E-state index contributed by atoms with van der Waals surface area (Å²) in [6.45, 7) is 6.40. The van der Waals surface area contributed by atoms with Crippen LogP contribution in [-0.2, 0) is 5.41 Å². The van der Waals surface area contributed by atoms with Gasteiger partial charge in [-0.2, -0.15) is 0 Å². The average Bonchev–Trinajstić information content (AvgIpc) is 2.78. The van der Waals surface area contributed by atoms with Crippen LogP contribution < -0.4 is 0 Å². The first kappa shape index (κ1) is 11.6. The van der Waals surface area contributed by atoms with Gasteiger partial charge in [-0.3, -0.25) is 4.79 Å². The summed E-state index contributed by atoms with van der Waals surface area (Å²) < 4.78 is 0. The summed E-state index contributed by atoms with van der Waals surface area (Å²) in [6.07, 6.45) is 1.91. The molecule has 0 spiro atoms. The summed E-state index contributed by atoms with van der Waals surface area (Å²) in [5.74, 6) is 0.0427. The van der Waals surface area contributed by atoms with Gasteiger partial charge in [0, 0.05) is 11.8 Å². The van der Waals surface area contributed by atoms with Gasteiger partial charge in [-0.05, 0) is 17.0 Å². The van der Waals surface area contributed by atoms with E-state index in [-0.39, 0.29) is 11.2 Å². The fourth-order valence-corrected chi connectivity index (χ4v) is 1.70. The van der Waals surface area contributed by atoms with Crippen molar-refractivity contribution in [2.75, 3.05) is 0 Å². The zero-order chi connectivity index (χ0) is 12.5. The van der Waals surface area contributed by atoms with Gasteiger partial charge in [0.25, 0.3) is 0 Å². The number of benzene rings is 1. The number of H-pyrrole nitrogens is 1. The van der Waals surface area contributed by atoms with Gasteiger partial charge in [0.15, 0.2) is 0 Å². The van der Waals surface area contributed by atoms with Crippen LogP contribution in [0.25, 0.3) is 0 Å². The van der Waals surface area contributed by atoms with E-state index in [2.05, 4.69) is 25.8 Å². The number of ketones is 1. The number of aromatic amines is 1. The van der Waals surface area contributed by atoms with Crippen LogP contribution in [0.2, 0.25) is 0 Å². The number of hydrogen-bond donors (Lipinski definition) is 1. The first-order valence-corrected chi connectivity index (χ1v) is 5.77. The Bertz CT molecular complexity index is 517. The smallest absolute Gasteiger partial charge is 0.209 e. The molecule has 0 fully saturated rings. The lowest BCUT2D eigenvalue weighted by Crippen LogP contribution is -2.09. The molecule has 88 valence electrons. The van der Waals surface area contributed by atoms with E-state index in [0.717, 1.165) is 11.1 Å². The van der Waals surface area contributed by atoms with Gasteiger partial charge >= 0.3 is 0 Å². The summed E-state index contributed by atoms with van der Waals surface area (Å²) in [7, 11) is 0. The van der Waals surface area contributed by atoms with Crippen molar-refractivity contribution in [3.8, 4) is 0 Å². The maximum atomic E-state index is 12.2. The standard InChI is InChI=1S/C15H17NO/c1-15(2,3)12-9-13(16-10-12)14(17)11-7-5-4-6-8-11/h4-10,16H,1-3H3. The van der Waals surface area contributed by atoms with Crippen molar-refractivity contribution in [2.45, 2.75) is 26.2 Å². The van der Waals surface area contributed by atoms with Crippen molar-refractivity contribution in [2.24, 2.45) is 0 Å². The molecular formula is C15H17NO. The second-order valence-electron chi connectivity index (χ2n) is 5.25. The molecule has 1 heterocycles. The Kier molecular flexibility index (Phi) is 2.88. The SMILES string of the molecule is CC(C)(C)c1c[nH]c(C(=O)c2ccccc2)c1. The Labute approximate surface area is 102 Å². The summed E-state index contributed by atoms with van der Waals surface area (Å²) in [4.78, 5) is 15.2. The third-order valence-corrected chi connectivity index (χ3v) is 2.83. The number of hydrogen-bond acceptors (Lipinski definition) is 1. The van der Waals surface area contributed by atoms with Crippen LogP contribution in [0.1, 0.15) is 42.4 Å². The van der Waals surface area contributed by atoms with Crippen LogP contribution in [0.5, 0.6) is 0 Å². The third kappa shape index (κ3) is 2.47. The Morgan fingerprint density at radius 2 is 1.76 bits per heavy atom. The Morgan fingerprint density at radius 3 is 2.29 bits per heavy atom. The van der Waals surface area contributed by atoms with Crippen LogP contribution in [-0.4, -0.2) is 10.8 Å². The van der Waals surface area contributed by atoms with Gasteiger partial charge in [0.1, 0.15) is 0 Å². The lowest BCUT2D eigenvalue weighted by molar-refractivity contribution is 0.103. The number of nitrogens with one attached hydrogen (secondary N) is 1. The van der Waals surface area contributed by atoms with Gasteiger partial charge in [0.05, 0.1) is 5.69 Å². The molecule has 0 bridgehead atoms. The highest BCUT2D eigenvalue weighted by molar-refractivity contribution is 6.07. The highest BCUT2D eigenvalue weighted by Gasteiger charge is 2.18. The molecule has 0 saturated heterocycles. The maximum Gasteiger partial charge on any atom is 0.209 e. The molecule has 0 aliphatic rings. The molecule has 1 aromatic heterocycles. The second-order valence-corrected chi connectivity index (χ2v) is 5.25. The fraction of sp³-hybridized carbons (Fsp3) is 0.267. The van der Waals surface area contributed by atoms with Crippen molar-refractivity contribution in [1.29, 1.82) is 0 Å². The fourth-order valence-electron chi connectivity index (χ4n) is 1.70. The van der Waals surface area contributed by atoms with E-state index < -0.39 is 0 Å². The summed E-state index contributed by atoms with van der Waals surface area (Å²) >= 11 is 0. The number of carbonyl (C=O) groups is 1. The molecule has 0 aliphatic heterocycles. The lowest BCUT2D eigenvalue weighted by Gasteiger charge is -2.15. The maximum absolute atomic E-state index is 12.2. The van der Waals surface area contributed by atoms with E-state index in [1.165, 1.54) is 0 Å². The Morgan fingerprint density at radius 1 is 1.12 bits per heavy atom. The van der Waals surface area contributed by atoms with Crippen molar-refractivity contribution in [1.82, 2.24) is 4.98 Å². The summed E-state index contributed by atoms with van der Waals surface area (Å²) in [5, 5.41) is 0. The molecule has 1 aromatic carbocycles. The normalized spacial score (nSPS) is 11.5. The molecule has 0 unspecified atom stereocenters. The molecular weight excluding hydrogens is 210 g/mol. The molecule has 0 aliphatic carbocycles. The molecule has 0 atom stereocenters. The van der Waals surface area contributed by atoms with Crippen LogP contribution in [0, 0.1) is 0 Å². The predicted octanol–water partition coefficient (Wildman–Crippen LogP) is 3.54. The van der Waals surface area contributed by atoms with Crippen molar-refractivity contribution >= 4 is 5.78 Å². The molecule has 0 radical (unpaired) electrons. The quantitative estimate of drug-likeness (QED) is 0.782. The van der Waals surface area contributed by atoms with E-state index in [9.17, 15) is 4.79 Å². The van der Waals surface area contributed by atoms with Crippen molar-refractivity contribution in [3.05, 3.63) is 59.4 Å². The highest BCUT2D eigenvalue weighted by Crippen LogP contribution is 2.23. The number of rotatable bonds is 2. The largest absolute Gasteiger partial charge is 0.358 e. The summed E-state index contributed by atoms with van der Waals surface area (Å²) in [6, 6.07) is 11.3. The van der Waals surface area contributed by atoms with Crippen LogP contribution in [0.3, 0.4) is 0 Å². The van der Waals surface area contributed by atoms with E-state index in [0.29, 0.717) is 5.69 Å². The first-order chi connectivity index (χ1) is 7.98. The molecule has 2 nitrogen and oxygen atoms in total. The van der Waals surface area contributed by atoms with E-state index >= 15 is 0 Å². The molecule has 17 heavy (non-hydrogen) atoms. The molecule has 2 rings (SSSR count). The van der Waals surface area contributed by atoms with Gasteiger partial charge < -0.3 is 4.98 Å². The van der Waals surface area contributed by atoms with Gasteiger partial charge in [-0.1, -0.05) is 51.1 Å². The zero-order valence-corrected chi connectivity index (χ0v) is 10.4. The Hall–Kier alpha value is -1.83. The minimum atomic E-state index is 0.0427. The molecule has 0 amide bonds. The second kappa shape index (κ2) is 4.21. The van der Waals surface area contributed by atoms with Crippen molar-refractivity contribution < 1.29 is 4.79 Å². The average molecular weight is 227 g/mol. The monoisotopic (exact) mass is 227 g/mol. The minimum Gasteiger partial charge on any atom is -0.358 e. The van der Waals surface area contributed by atoms with Crippen molar-refractivity contribution in [3.63, 3.8) is 0 Å². The topological polar surface area (TPSA) is 32.9 Å². The van der Waals surface area contributed by atoms with Gasteiger partial charge in [0.2, 0.25) is 5.78 Å². The van der Waals surface area contributed by atoms with Crippen LogP contribution in [0.4, 0.5) is 0 Å². The van der Waals surface area contributed by atoms with E-state index in [1.54, 1.807) is 0 Å². The highest BCUT2D eigenvalue weighted by atomic mass is 16.1. The number of carbonyl (C=O) groups excluding carboxylic acids is 1. The van der Waals surface area contributed by atoms with Gasteiger partial charge in [-0.25, -0.2) is 0 Å². The third-order valence-electron chi connectivity index (χ3n) is 2.83. The lowest BCUT2D eigenvalue weighted by atomic mass is 9.89. The minimum absolute atomic E-state index is 0.0427. The Balaban J connectivity index is 2.30. The molecule has 2 heteroatoms. The van der Waals surface area contributed by atoms with E-state index in [4.69, 9.17) is 0 Å². The number of aromatic nitrogens is 1. The van der Waals surface area contributed by atoms with Crippen LogP contribution >= 0.6 is 0 Å². The zero-order valence-electron chi connectivity index (χ0n) is 10.4. The molecule has 1 N–H and O–H groups in total. The molecule has 2 aromatic rings. The van der Waals surface area contributed by atoms with E-state index in [1.807, 2.05) is 42.6 Å². The van der Waals surface area contributed by atoms with Gasteiger partial charge in [-0.15, -0.1) is 0 Å².